The fourth-order valence-electron chi connectivity index (χ4n) is 3.42. The monoisotopic (exact) mass is 349 g/mol. The number of hydrogen-bond donors (Lipinski definition) is 3. The maximum atomic E-state index is 13.7. The highest BCUT2D eigenvalue weighted by Gasteiger charge is 2.26. The molecule has 0 amide bonds. The maximum Gasteiger partial charge on any atom is 0.124 e. The largest absolute Gasteiger partial charge is 0.395 e. The number of aromatic nitrogens is 1. The number of benzene rings is 1. The van der Waals surface area contributed by atoms with E-state index in [1.165, 1.54) is 12.1 Å². The summed E-state index contributed by atoms with van der Waals surface area (Å²) in [6.45, 7) is 3.52. The molecular weight excluding hydrogens is 325 g/mol. The molecule has 1 aliphatic rings. The lowest BCUT2D eigenvalue weighted by Gasteiger charge is -2.28. The summed E-state index contributed by atoms with van der Waals surface area (Å²) in [5, 5.41) is 29.9. The molecule has 2 heterocycles. The highest BCUT2D eigenvalue weighted by molar-refractivity contribution is 5.92. The number of anilines is 1. The molecular formula is C18H24FN3O3. The number of nitrogens with zero attached hydrogens (tertiary/aromatic N) is 3. The molecule has 6 nitrogen and oxygen atoms in total. The summed E-state index contributed by atoms with van der Waals surface area (Å²) in [6, 6.07) is 6.04. The van der Waals surface area contributed by atoms with Gasteiger partial charge in [0.05, 0.1) is 30.9 Å². The van der Waals surface area contributed by atoms with Crippen LogP contribution in [0, 0.1) is 12.7 Å². The van der Waals surface area contributed by atoms with Crippen LogP contribution in [0.1, 0.15) is 5.69 Å². The van der Waals surface area contributed by atoms with Gasteiger partial charge in [0.1, 0.15) is 5.82 Å². The Morgan fingerprint density at radius 3 is 2.68 bits per heavy atom. The van der Waals surface area contributed by atoms with Crippen LogP contribution in [-0.2, 0) is 0 Å². The summed E-state index contributed by atoms with van der Waals surface area (Å²) in [5.41, 5.74) is 2.39. The van der Waals surface area contributed by atoms with E-state index in [0.717, 1.165) is 16.9 Å². The molecule has 3 N–H and O–H groups in total. The van der Waals surface area contributed by atoms with E-state index in [0.29, 0.717) is 31.6 Å². The summed E-state index contributed by atoms with van der Waals surface area (Å²) < 4.78 is 13.7. The lowest BCUT2D eigenvalue weighted by atomic mass is 10.1. The molecule has 0 aliphatic carbocycles. The van der Waals surface area contributed by atoms with Crippen molar-refractivity contribution < 1.29 is 19.7 Å². The van der Waals surface area contributed by atoms with Crippen molar-refractivity contribution in [1.82, 2.24) is 9.88 Å². The van der Waals surface area contributed by atoms with Crippen LogP contribution in [0.2, 0.25) is 0 Å². The van der Waals surface area contributed by atoms with Gasteiger partial charge in [-0.25, -0.2) is 4.39 Å². The second kappa shape index (κ2) is 7.61. The van der Waals surface area contributed by atoms with Crippen molar-refractivity contribution in [2.45, 2.75) is 19.1 Å². The van der Waals surface area contributed by atoms with Crippen LogP contribution < -0.4 is 4.90 Å². The van der Waals surface area contributed by atoms with Gasteiger partial charge in [-0.1, -0.05) is 0 Å². The van der Waals surface area contributed by atoms with Gasteiger partial charge in [0.15, 0.2) is 0 Å². The Morgan fingerprint density at radius 1 is 1.20 bits per heavy atom. The molecule has 1 aromatic heterocycles. The summed E-state index contributed by atoms with van der Waals surface area (Å²) >= 11 is 0. The molecule has 0 spiro atoms. The Labute approximate surface area is 146 Å². The second-order valence-corrected chi connectivity index (χ2v) is 6.56. The van der Waals surface area contributed by atoms with Crippen molar-refractivity contribution in [3.63, 3.8) is 0 Å². The van der Waals surface area contributed by atoms with Crippen LogP contribution in [0.4, 0.5) is 10.1 Å². The number of hydrogen-bond acceptors (Lipinski definition) is 6. The number of aliphatic hydroxyl groups excluding tert-OH is 3. The van der Waals surface area contributed by atoms with Crippen molar-refractivity contribution in [1.29, 1.82) is 0 Å². The number of aryl methyl sites for hydroxylation is 1. The Balaban J connectivity index is 1.94. The highest BCUT2D eigenvalue weighted by atomic mass is 19.1. The van der Waals surface area contributed by atoms with Crippen molar-refractivity contribution in [3.8, 4) is 0 Å². The summed E-state index contributed by atoms with van der Waals surface area (Å²) in [4.78, 5) is 8.36. The molecule has 3 rings (SSSR count). The van der Waals surface area contributed by atoms with E-state index < -0.39 is 6.10 Å². The molecule has 1 aromatic carbocycles. The lowest BCUT2D eigenvalue weighted by Crippen LogP contribution is -2.44. The van der Waals surface area contributed by atoms with Gasteiger partial charge in [-0.2, -0.15) is 0 Å². The van der Waals surface area contributed by atoms with Crippen molar-refractivity contribution >= 4 is 16.6 Å². The Kier molecular flexibility index (Phi) is 5.48. The molecule has 0 saturated carbocycles. The topological polar surface area (TPSA) is 80.1 Å². The third-order valence-corrected chi connectivity index (χ3v) is 4.69. The number of rotatable bonds is 4. The SMILES string of the molecule is Cc1cc(N2CCN(C(CO)CO)CC(O)C2)c2cc(F)ccc2n1. The molecule has 1 saturated heterocycles. The first kappa shape index (κ1) is 18.0. The van der Waals surface area contributed by atoms with Crippen LogP contribution in [-0.4, -0.2) is 76.7 Å². The standard InChI is InChI=1S/C18H24FN3O3/c1-12-6-18(16-7-13(19)2-3-17(16)20-12)22-5-4-21(8-15(25)9-22)14(10-23)11-24/h2-3,6-7,14-15,23-25H,4-5,8-11H2,1H3. The zero-order valence-corrected chi connectivity index (χ0v) is 14.3. The van der Waals surface area contributed by atoms with E-state index in [-0.39, 0.29) is 25.1 Å². The summed E-state index contributed by atoms with van der Waals surface area (Å²) in [5.74, 6) is -0.322. The first-order valence-electron chi connectivity index (χ1n) is 8.47. The minimum Gasteiger partial charge on any atom is -0.395 e. The first-order valence-corrected chi connectivity index (χ1v) is 8.47. The van der Waals surface area contributed by atoms with E-state index >= 15 is 0 Å². The van der Waals surface area contributed by atoms with Gasteiger partial charge in [-0.15, -0.1) is 0 Å². The zero-order valence-electron chi connectivity index (χ0n) is 14.3. The molecule has 1 atom stereocenters. The zero-order chi connectivity index (χ0) is 18.0. The van der Waals surface area contributed by atoms with E-state index in [2.05, 4.69) is 4.98 Å². The number of aliphatic hydroxyl groups is 3. The van der Waals surface area contributed by atoms with Crippen LogP contribution >= 0.6 is 0 Å². The first-order chi connectivity index (χ1) is 12.0. The van der Waals surface area contributed by atoms with Crippen LogP contribution in [0.25, 0.3) is 10.9 Å². The Morgan fingerprint density at radius 2 is 1.96 bits per heavy atom. The van der Waals surface area contributed by atoms with E-state index in [1.807, 2.05) is 22.8 Å². The Hall–Kier alpha value is -1.80. The van der Waals surface area contributed by atoms with Gasteiger partial charge in [0.25, 0.3) is 0 Å². The quantitative estimate of drug-likeness (QED) is 0.747. The third kappa shape index (κ3) is 3.90. The predicted octanol–water partition coefficient (Wildman–Crippen LogP) is 0.518. The van der Waals surface area contributed by atoms with Crippen LogP contribution in [0.5, 0.6) is 0 Å². The maximum absolute atomic E-state index is 13.7. The average Bonchev–Trinajstić information content (AvgIpc) is 2.77. The van der Waals surface area contributed by atoms with Crippen LogP contribution in [0.15, 0.2) is 24.3 Å². The van der Waals surface area contributed by atoms with E-state index in [4.69, 9.17) is 0 Å². The molecule has 1 unspecified atom stereocenters. The van der Waals surface area contributed by atoms with Crippen molar-refractivity contribution in [2.24, 2.45) is 0 Å². The fourth-order valence-corrected chi connectivity index (χ4v) is 3.42. The number of β-amino-alcohol motifs (C(OH)–C–C–N with tert-alkyl or cyclic N) is 1. The number of halogens is 1. The van der Waals surface area contributed by atoms with Crippen molar-refractivity contribution in [3.05, 3.63) is 35.8 Å². The molecule has 25 heavy (non-hydrogen) atoms. The second-order valence-electron chi connectivity index (χ2n) is 6.56. The molecule has 1 aliphatic heterocycles. The predicted molar refractivity (Wildman–Crippen MR) is 94.2 cm³/mol. The Bertz CT molecular complexity index is 739. The van der Waals surface area contributed by atoms with Gasteiger partial charge >= 0.3 is 0 Å². The van der Waals surface area contributed by atoms with Crippen LogP contribution in [0.3, 0.4) is 0 Å². The summed E-state index contributed by atoms with van der Waals surface area (Å²) in [6.07, 6.45) is -0.639. The van der Waals surface area contributed by atoms with Gasteiger partial charge in [-0.3, -0.25) is 9.88 Å². The van der Waals surface area contributed by atoms with Gasteiger partial charge in [0.2, 0.25) is 0 Å². The molecule has 0 radical (unpaired) electrons. The molecule has 0 bridgehead atoms. The fraction of sp³-hybridized carbons (Fsp3) is 0.500. The molecule has 1 fully saturated rings. The number of pyridine rings is 1. The minimum absolute atomic E-state index is 0.161. The van der Waals surface area contributed by atoms with Gasteiger partial charge in [0, 0.05) is 42.9 Å². The lowest BCUT2D eigenvalue weighted by molar-refractivity contribution is 0.0483. The molecule has 7 heteroatoms. The number of fused-ring (bicyclic) bond motifs is 1. The third-order valence-electron chi connectivity index (χ3n) is 4.69. The minimum atomic E-state index is -0.639. The molecule has 2 aromatic rings. The van der Waals surface area contributed by atoms with Gasteiger partial charge < -0.3 is 20.2 Å². The molecule has 136 valence electrons. The average molecular weight is 349 g/mol. The van der Waals surface area contributed by atoms with E-state index in [1.54, 1.807) is 6.07 Å². The summed E-state index contributed by atoms with van der Waals surface area (Å²) in [7, 11) is 0. The smallest absolute Gasteiger partial charge is 0.124 e. The van der Waals surface area contributed by atoms with Crippen molar-refractivity contribution in [2.75, 3.05) is 44.3 Å². The highest BCUT2D eigenvalue weighted by Crippen LogP contribution is 2.28. The van der Waals surface area contributed by atoms with Gasteiger partial charge in [-0.05, 0) is 31.2 Å². The van der Waals surface area contributed by atoms with E-state index in [9.17, 15) is 19.7 Å². The normalized spacial score (nSPS) is 19.6.